The van der Waals surface area contributed by atoms with Crippen LogP contribution in [0.25, 0.3) is 16.8 Å². The highest BCUT2D eigenvalue weighted by Gasteiger charge is 2.45. The van der Waals surface area contributed by atoms with E-state index in [1.807, 2.05) is 62.4 Å². The third-order valence-electron chi connectivity index (χ3n) is 9.16. The molecule has 11 nitrogen and oxygen atoms in total. The summed E-state index contributed by atoms with van der Waals surface area (Å²) in [4.78, 5) is 21.3. The average molecular weight is 699 g/mol. The number of alkyl halides is 2. The summed E-state index contributed by atoms with van der Waals surface area (Å²) in [6.45, 7) is 6.59. The zero-order valence-electron chi connectivity index (χ0n) is 27.8. The number of anilines is 2. The van der Waals surface area contributed by atoms with Crippen molar-refractivity contribution in [2.75, 3.05) is 36.0 Å². The molecule has 1 atom stereocenters. The lowest BCUT2D eigenvalue weighted by atomic mass is 9.89. The van der Waals surface area contributed by atoms with Gasteiger partial charge in [0.1, 0.15) is 30.0 Å². The van der Waals surface area contributed by atoms with Crippen LogP contribution in [0, 0.1) is 11.6 Å². The fourth-order valence-corrected chi connectivity index (χ4v) is 6.34. The van der Waals surface area contributed by atoms with E-state index in [0.717, 1.165) is 71.9 Å². The van der Waals surface area contributed by atoms with E-state index in [9.17, 15) is 13.6 Å². The first-order valence-electron chi connectivity index (χ1n) is 16.5. The molecule has 4 heterocycles. The number of rotatable bonds is 10. The van der Waals surface area contributed by atoms with E-state index in [1.54, 1.807) is 17.0 Å². The maximum Gasteiger partial charge on any atom is 0.350 e. The van der Waals surface area contributed by atoms with E-state index in [2.05, 4.69) is 35.4 Å². The van der Waals surface area contributed by atoms with E-state index >= 15 is 8.78 Å². The Bertz CT molecular complexity index is 2140. The molecule has 0 saturated carbocycles. The predicted molar refractivity (Wildman–Crippen MR) is 183 cm³/mol. The summed E-state index contributed by atoms with van der Waals surface area (Å²) in [6.07, 6.45) is 4.06. The van der Waals surface area contributed by atoms with Crippen LogP contribution in [-0.2, 0) is 12.5 Å². The number of hydrogen-bond acceptors (Lipinski definition) is 8. The molecule has 1 aliphatic heterocycles. The Morgan fingerprint density at radius 1 is 0.784 bits per heavy atom. The Balaban J connectivity index is 1.00. The molecule has 6 aromatic rings. The van der Waals surface area contributed by atoms with Gasteiger partial charge in [0.15, 0.2) is 0 Å². The van der Waals surface area contributed by atoms with Crippen LogP contribution >= 0.6 is 0 Å². The predicted octanol–water partition coefficient (Wildman–Crippen LogP) is 5.84. The highest BCUT2D eigenvalue weighted by atomic mass is 19.3. The third-order valence-corrected chi connectivity index (χ3v) is 9.16. The van der Waals surface area contributed by atoms with Gasteiger partial charge in [-0.25, -0.2) is 27.5 Å². The molecule has 3 aromatic heterocycles. The van der Waals surface area contributed by atoms with Gasteiger partial charge in [-0.1, -0.05) is 24.3 Å². The molecule has 0 spiro atoms. The van der Waals surface area contributed by atoms with Gasteiger partial charge in [0, 0.05) is 55.4 Å². The highest BCUT2D eigenvalue weighted by Crippen LogP contribution is 2.43. The smallest absolute Gasteiger partial charge is 0.350 e. The number of tetrazole rings is 1. The first-order chi connectivity index (χ1) is 24.6. The minimum absolute atomic E-state index is 0.0190. The number of hydrogen-bond donors (Lipinski definition) is 0. The van der Waals surface area contributed by atoms with Crippen molar-refractivity contribution in [3.63, 3.8) is 0 Å². The molecule has 0 aliphatic carbocycles. The molecule has 15 heteroatoms. The summed E-state index contributed by atoms with van der Waals surface area (Å²) in [5.41, 5.74) is 3.20. The van der Waals surface area contributed by atoms with Crippen molar-refractivity contribution in [1.82, 2.24) is 39.5 Å². The first kappa shape index (κ1) is 33.6. The number of piperazine rings is 1. The lowest BCUT2D eigenvalue weighted by molar-refractivity contribution is -0.0455. The topological polar surface area (TPSA) is 103 Å². The SMILES string of the molecule is CC(C)n1ncn(-c2ccc(N3CCN(c4ccc(-c5ccc(C(F)(F)[C@H](Cn6cnnn6)c6ccc(F)cc6F)nc5)cc4)CC3)cc2)c1=O. The Hall–Kier alpha value is -5.86. The number of nitrogens with zero attached hydrogens (tertiary/aromatic N) is 10. The van der Waals surface area contributed by atoms with Crippen molar-refractivity contribution in [2.45, 2.75) is 38.3 Å². The molecule has 3 aromatic carbocycles. The van der Waals surface area contributed by atoms with Gasteiger partial charge in [-0.2, -0.15) is 13.9 Å². The van der Waals surface area contributed by atoms with Crippen molar-refractivity contribution >= 4 is 11.4 Å². The lowest BCUT2D eigenvalue weighted by Crippen LogP contribution is -2.46. The van der Waals surface area contributed by atoms with Crippen molar-refractivity contribution in [1.29, 1.82) is 0 Å². The summed E-state index contributed by atoms with van der Waals surface area (Å²) in [6, 6.07) is 21.0. The zero-order chi connectivity index (χ0) is 35.7. The van der Waals surface area contributed by atoms with Gasteiger partial charge in [0.05, 0.1) is 24.2 Å². The fraction of sp³-hybridized carbons (Fsp3) is 0.278. The second-order valence-electron chi connectivity index (χ2n) is 12.7. The number of aromatic nitrogens is 8. The molecular formula is C36H34F4N10O. The van der Waals surface area contributed by atoms with E-state index in [0.29, 0.717) is 11.6 Å². The standard InChI is InChI=1S/C36H34F4N10O/c1-24(2)50-35(51)49(23-43-50)30-11-9-29(10-12-30)47-17-15-46(16-18-47)28-7-3-25(4-8-28)26-5-14-34(41-20-26)36(39,40)32(21-48-22-42-44-45-48)31-13-6-27(37)19-33(31)38/h3-14,19-20,22-24,32H,15-18,21H2,1-2H3/t32-/m1/s1. The monoisotopic (exact) mass is 698 g/mol. The third kappa shape index (κ3) is 6.83. The highest BCUT2D eigenvalue weighted by molar-refractivity contribution is 5.66. The first-order valence-corrected chi connectivity index (χ1v) is 16.5. The maximum absolute atomic E-state index is 16.0. The van der Waals surface area contributed by atoms with Gasteiger partial charge in [-0.3, -0.25) is 4.98 Å². The van der Waals surface area contributed by atoms with Gasteiger partial charge in [-0.15, -0.1) is 5.10 Å². The Labute approximate surface area is 290 Å². The molecule has 0 amide bonds. The second-order valence-corrected chi connectivity index (χ2v) is 12.7. The molecule has 1 aliphatic rings. The normalized spacial score (nSPS) is 14.3. The Kier molecular flexibility index (Phi) is 9.10. The van der Waals surface area contributed by atoms with Crippen molar-refractivity contribution in [2.24, 2.45) is 0 Å². The number of benzene rings is 3. The van der Waals surface area contributed by atoms with E-state index in [4.69, 9.17) is 0 Å². The largest absolute Gasteiger partial charge is 0.368 e. The van der Waals surface area contributed by atoms with Gasteiger partial charge >= 0.3 is 5.69 Å². The summed E-state index contributed by atoms with van der Waals surface area (Å²) < 4.78 is 64.4. The molecule has 0 unspecified atom stereocenters. The minimum atomic E-state index is -3.64. The number of pyridine rings is 1. The zero-order valence-corrected chi connectivity index (χ0v) is 27.8. The van der Waals surface area contributed by atoms with Gasteiger partial charge < -0.3 is 9.80 Å². The maximum atomic E-state index is 16.0. The Morgan fingerprint density at radius 2 is 1.41 bits per heavy atom. The summed E-state index contributed by atoms with van der Waals surface area (Å²) in [5.74, 6) is -7.37. The minimum Gasteiger partial charge on any atom is -0.368 e. The van der Waals surface area contributed by atoms with Crippen LogP contribution in [0.5, 0.6) is 0 Å². The van der Waals surface area contributed by atoms with Crippen LogP contribution in [-0.4, -0.2) is 65.7 Å². The van der Waals surface area contributed by atoms with Crippen LogP contribution in [0.4, 0.5) is 28.9 Å². The summed E-state index contributed by atoms with van der Waals surface area (Å²) >= 11 is 0. The molecule has 262 valence electrons. The summed E-state index contributed by atoms with van der Waals surface area (Å²) in [5, 5.41) is 14.8. The molecule has 7 rings (SSSR count). The second kappa shape index (κ2) is 13.8. The summed E-state index contributed by atoms with van der Waals surface area (Å²) in [7, 11) is 0. The lowest BCUT2D eigenvalue weighted by Gasteiger charge is -2.37. The molecule has 1 fully saturated rings. The van der Waals surface area contributed by atoms with E-state index < -0.39 is 35.7 Å². The molecule has 0 bridgehead atoms. The van der Waals surface area contributed by atoms with Crippen LogP contribution < -0.4 is 15.5 Å². The van der Waals surface area contributed by atoms with Crippen LogP contribution in [0.15, 0.2) is 103 Å². The average Bonchev–Trinajstić information content (AvgIpc) is 3.81. The van der Waals surface area contributed by atoms with Crippen LogP contribution in [0.3, 0.4) is 0 Å². The van der Waals surface area contributed by atoms with Crippen molar-refractivity contribution < 1.29 is 17.6 Å². The molecule has 51 heavy (non-hydrogen) atoms. The van der Waals surface area contributed by atoms with Gasteiger partial charge in [0.2, 0.25) is 0 Å². The fourth-order valence-electron chi connectivity index (χ4n) is 6.34. The van der Waals surface area contributed by atoms with Crippen molar-refractivity contribution in [3.8, 4) is 16.8 Å². The molecule has 1 saturated heterocycles. The quantitative estimate of drug-likeness (QED) is 0.165. The van der Waals surface area contributed by atoms with Gasteiger partial charge in [0.25, 0.3) is 5.92 Å². The Morgan fingerprint density at radius 3 is 1.96 bits per heavy atom. The van der Waals surface area contributed by atoms with E-state index in [-0.39, 0.29) is 17.3 Å². The molecular weight excluding hydrogens is 664 g/mol. The van der Waals surface area contributed by atoms with Crippen molar-refractivity contribution in [3.05, 3.63) is 131 Å². The molecule has 0 N–H and O–H groups in total. The number of halogens is 4. The van der Waals surface area contributed by atoms with E-state index in [1.165, 1.54) is 16.9 Å². The van der Waals surface area contributed by atoms with Gasteiger partial charge in [-0.05, 0) is 83.9 Å². The van der Waals surface area contributed by atoms with Crippen LogP contribution in [0.2, 0.25) is 0 Å². The molecule has 0 radical (unpaired) electrons. The van der Waals surface area contributed by atoms with Crippen LogP contribution in [0.1, 0.15) is 37.1 Å².